The van der Waals surface area contributed by atoms with Crippen molar-refractivity contribution in [3.63, 3.8) is 0 Å². The van der Waals surface area contributed by atoms with Gasteiger partial charge in [-0.15, -0.1) is 24.8 Å². The van der Waals surface area contributed by atoms with E-state index < -0.39 is 0 Å². The first kappa shape index (κ1) is 24.7. The molecule has 1 fully saturated rings. The number of nitrogens with zero attached hydrogens (tertiary/aromatic N) is 2. The number of likely N-dealkylation sites (tertiary alicyclic amines) is 1. The van der Waals surface area contributed by atoms with Gasteiger partial charge in [-0.3, -0.25) is 4.98 Å². The fraction of sp³-hybridized carbons (Fsp3) is 0.370. The predicted octanol–water partition coefficient (Wildman–Crippen LogP) is 6.01. The van der Waals surface area contributed by atoms with Crippen LogP contribution in [-0.4, -0.2) is 36.1 Å². The number of ether oxygens (including phenoxy) is 1. The molecule has 2 aromatic carbocycles. The molecule has 0 N–H and O–H groups in total. The van der Waals surface area contributed by atoms with E-state index >= 15 is 0 Å². The van der Waals surface area contributed by atoms with Gasteiger partial charge in [0.1, 0.15) is 0 Å². The average molecular weight is 471 g/mol. The molecule has 0 spiro atoms. The lowest BCUT2D eigenvalue weighted by Crippen LogP contribution is -2.43. The predicted molar refractivity (Wildman–Crippen MR) is 135 cm³/mol. The van der Waals surface area contributed by atoms with Crippen molar-refractivity contribution in [2.24, 2.45) is 0 Å². The third-order valence-corrected chi connectivity index (χ3v) is 7.01. The molecule has 0 saturated carbocycles. The Morgan fingerprint density at radius 3 is 2.34 bits per heavy atom. The monoisotopic (exact) mass is 470 g/mol. The van der Waals surface area contributed by atoms with Crippen LogP contribution in [-0.2, 0) is 16.8 Å². The highest BCUT2D eigenvalue weighted by Crippen LogP contribution is 2.41. The van der Waals surface area contributed by atoms with Gasteiger partial charge in [0.25, 0.3) is 0 Å². The molecule has 2 aliphatic heterocycles. The Morgan fingerprint density at radius 1 is 0.875 bits per heavy atom. The topological polar surface area (TPSA) is 25.4 Å². The maximum Gasteiger partial charge on any atom is 0.0720 e. The van der Waals surface area contributed by atoms with E-state index in [4.69, 9.17) is 9.72 Å². The molecule has 2 aliphatic rings. The van der Waals surface area contributed by atoms with Gasteiger partial charge >= 0.3 is 0 Å². The molecule has 170 valence electrons. The van der Waals surface area contributed by atoms with Gasteiger partial charge in [0.2, 0.25) is 0 Å². The van der Waals surface area contributed by atoms with Gasteiger partial charge in [-0.05, 0) is 73.6 Å². The lowest BCUT2D eigenvalue weighted by molar-refractivity contribution is 0.0546. The highest BCUT2D eigenvalue weighted by molar-refractivity contribution is 5.85. The summed E-state index contributed by atoms with van der Waals surface area (Å²) < 4.78 is 6.12. The Bertz CT molecular complexity index is 962. The van der Waals surface area contributed by atoms with Crippen molar-refractivity contribution < 1.29 is 4.74 Å². The Labute approximate surface area is 204 Å². The normalized spacial score (nSPS) is 21.1. The van der Waals surface area contributed by atoms with E-state index in [1.54, 1.807) is 0 Å². The smallest absolute Gasteiger partial charge is 0.0720 e. The summed E-state index contributed by atoms with van der Waals surface area (Å²) in [5, 5.41) is 0. The summed E-state index contributed by atoms with van der Waals surface area (Å²) in [4.78, 5) is 7.43. The molecule has 0 amide bonds. The van der Waals surface area contributed by atoms with E-state index in [2.05, 4.69) is 71.6 Å². The first-order valence-corrected chi connectivity index (χ1v) is 11.2. The van der Waals surface area contributed by atoms with Crippen LogP contribution in [0.25, 0.3) is 0 Å². The summed E-state index contributed by atoms with van der Waals surface area (Å²) in [7, 11) is 0. The molecule has 1 saturated heterocycles. The van der Waals surface area contributed by atoms with Gasteiger partial charge in [0, 0.05) is 6.20 Å². The number of piperidine rings is 1. The molecule has 1 atom stereocenters. The molecule has 0 aliphatic carbocycles. The van der Waals surface area contributed by atoms with Gasteiger partial charge < -0.3 is 9.64 Å². The average Bonchev–Trinajstić information content (AvgIpc) is 2.84. The van der Waals surface area contributed by atoms with Gasteiger partial charge in [-0.25, -0.2) is 0 Å². The van der Waals surface area contributed by atoms with Gasteiger partial charge in [-0.1, -0.05) is 60.7 Å². The molecular weight excluding hydrogens is 439 g/mol. The molecule has 0 radical (unpaired) electrons. The van der Waals surface area contributed by atoms with Crippen molar-refractivity contribution in [1.29, 1.82) is 0 Å². The van der Waals surface area contributed by atoms with E-state index in [0.29, 0.717) is 19.1 Å². The Morgan fingerprint density at radius 2 is 1.59 bits per heavy atom. The van der Waals surface area contributed by atoms with Crippen molar-refractivity contribution in [3.05, 3.63) is 101 Å². The zero-order chi connectivity index (χ0) is 20.2. The summed E-state index contributed by atoms with van der Waals surface area (Å²) >= 11 is 0. The quantitative estimate of drug-likeness (QED) is 0.456. The number of rotatable bonds is 5. The SMILES string of the molecule is Cl.Cl.c1ccc(C2CCN(CCC3(c4ccccn4)COCc4ccccc43)CC2)cc1. The van der Waals surface area contributed by atoms with Crippen molar-refractivity contribution in [2.45, 2.75) is 37.2 Å². The molecule has 1 aromatic heterocycles. The minimum atomic E-state index is -0.160. The van der Waals surface area contributed by atoms with Crippen LogP contribution in [0.5, 0.6) is 0 Å². The molecule has 3 heterocycles. The number of pyridine rings is 1. The Kier molecular flexibility index (Phi) is 8.72. The molecule has 5 heteroatoms. The van der Waals surface area contributed by atoms with Crippen LogP contribution in [0.1, 0.15) is 47.6 Å². The fourth-order valence-electron chi connectivity index (χ4n) is 5.28. The van der Waals surface area contributed by atoms with Crippen molar-refractivity contribution in [3.8, 4) is 0 Å². The highest BCUT2D eigenvalue weighted by atomic mass is 35.5. The third kappa shape index (κ3) is 5.02. The number of hydrogen-bond donors (Lipinski definition) is 0. The molecule has 3 aromatic rings. The van der Waals surface area contributed by atoms with E-state index in [-0.39, 0.29) is 30.2 Å². The molecule has 5 rings (SSSR count). The molecule has 3 nitrogen and oxygen atoms in total. The number of halogens is 2. The largest absolute Gasteiger partial charge is 0.375 e. The minimum Gasteiger partial charge on any atom is -0.375 e. The van der Waals surface area contributed by atoms with Crippen molar-refractivity contribution in [1.82, 2.24) is 9.88 Å². The second-order valence-electron chi connectivity index (χ2n) is 8.72. The van der Waals surface area contributed by atoms with Crippen LogP contribution in [0.15, 0.2) is 79.0 Å². The van der Waals surface area contributed by atoms with Gasteiger partial charge in [0.15, 0.2) is 0 Å². The maximum absolute atomic E-state index is 6.12. The first-order chi connectivity index (χ1) is 14.9. The number of aromatic nitrogens is 1. The van der Waals surface area contributed by atoms with E-state index in [1.807, 2.05) is 12.3 Å². The Hall–Kier alpha value is -1.91. The van der Waals surface area contributed by atoms with Crippen molar-refractivity contribution in [2.75, 3.05) is 26.2 Å². The lowest BCUT2D eigenvalue weighted by Gasteiger charge is -2.41. The molecule has 1 unspecified atom stereocenters. The van der Waals surface area contributed by atoms with Gasteiger partial charge in [0.05, 0.1) is 24.3 Å². The van der Waals surface area contributed by atoms with Crippen LogP contribution in [0.2, 0.25) is 0 Å². The zero-order valence-electron chi connectivity index (χ0n) is 18.4. The van der Waals surface area contributed by atoms with Crippen LogP contribution < -0.4 is 0 Å². The summed E-state index contributed by atoms with van der Waals surface area (Å²) in [5.41, 5.74) is 5.17. The van der Waals surface area contributed by atoms with E-state index in [9.17, 15) is 0 Å². The van der Waals surface area contributed by atoms with Crippen LogP contribution in [0.4, 0.5) is 0 Å². The van der Waals surface area contributed by atoms with Gasteiger partial charge in [-0.2, -0.15) is 0 Å². The second-order valence-corrected chi connectivity index (χ2v) is 8.72. The maximum atomic E-state index is 6.12. The molecule has 32 heavy (non-hydrogen) atoms. The Balaban J connectivity index is 0.00000144. The third-order valence-electron chi connectivity index (χ3n) is 7.01. The van der Waals surface area contributed by atoms with Crippen molar-refractivity contribution >= 4 is 24.8 Å². The molecular formula is C27H32Cl2N2O. The van der Waals surface area contributed by atoms with Crippen LogP contribution in [0, 0.1) is 0 Å². The lowest BCUT2D eigenvalue weighted by atomic mass is 9.72. The summed E-state index contributed by atoms with van der Waals surface area (Å²) in [5.74, 6) is 0.700. The second kappa shape index (κ2) is 11.3. The van der Waals surface area contributed by atoms with E-state index in [0.717, 1.165) is 18.7 Å². The van der Waals surface area contributed by atoms with Crippen LogP contribution >= 0.6 is 24.8 Å². The highest BCUT2D eigenvalue weighted by Gasteiger charge is 2.40. The standard InChI is InChI=1S/C27H30N2O.2ClH/c1-2-8-22(9-3-1)23-13-17-29(18-14-23)19-15-27(26-12-6-7-16-28-26)21-30-20-24-10-4-5-11-25(24)27;;/h1-12,16,23H,13-15,17-21H2;2*1H. The fourth-order valence-corrected chi connectivity index (χ4v) is 5.28. The number of fused-ring (bicyclic) bond motifs is 1. The van der Waals surface area contributed by atoms with E-state index in [1.165, 1.54) is 42.6 Å². The summed E-state index contributed by atoms with van der Waals surface area (Å²) in [6.07, 6.45) is 5.44. The zero-order valence-corrected chi connectivity index (χ0v) is 20.0. The minimum absolute atomic E-state index is 0. The molecule has 0 bridgehead atoms. The number of benzene rings is 2. The summed E-state index contributed by atoms with van der Waals surface area (Å²) in [6.45, 7) is 4.82. The first-order valence-electron chi connectivity index (χ1n) is 11.2. The summed E-state index contributed by atoms with van der Waals surface area (Å²) in [6, 6.07) is 26.1. The number of hydrogen-bond acceptors (Lipinski definition) is 3. The van der Waals surface area contributed by atoms with Crippen LogP contribution in [0.3, 0.4) is 0 Å².